The molecule has 0 fully saturated rings. The second-order valence-electron chi connectivity index (χ2n) is 6.97. The van der Waals surface area contributed by atoms with Crippen LogP contribution in [0.3, 0.4) is 0 Å². The number of phenolic OH excluding ortho intramolecular Hbond substituents is 1. The summed E-state index contributed by atoms with van der Waals surface area (Å²) < 4.78 is 39.0. The Labute approximate surface area is 153 Å². The van der Waals surface area contributed by atoms with Crippen molar-refractivity contribution < 1.29 is 27.6 Å². The fraction of sp³-hybridized carbons (Fsp3) is 0.316. The molecule has 0 amide bonds. The van der Waals surface area contributed by atoms with E-state index in [0.717, 1.165) is 0 Å². The zero-order valence-corrected chi connectivity index (χ0v) is 15.9. The molecular formula is C19H22O6S. The number of phenols is 1. The van der Waals surface area contributed by atoms with Crippen molar-refractivity contribution in [1.82, 2.24) is 0 Å². The van der Waals surface area contributed by atoms with E-state index < -0.39 is 26.8 Å². The molecule has 2 aromatic carbocycles. The van der Waals surface area contributed by atoms with E-state index in [1.165, 1.54) is 25.3 Å². The molecular weight excluding hydrogens is 356 g/mol. The summed E-state index contributed by atoms with van der Waals surface area (Å²) in [5.74, 6) is -0.969. The number of rotatable bonds is 4. The molecule has 0 saturated heterocycles. The maximum Gasteiger partial charge on any atom is 0.338 e. The van der Waals surface area contributed by atoms with Gasteiger partial charge in [0.25, 0.3) is 10.1 Å². The molecule has 0 spiro atoms. The van der Waals surface area contributed by atoms with Gasteiger partial charge in [-0.3, -0.25) is 4.55 Å². The van der Waals surface area contributed by atoms with Crippen LogP contribution in [-0.4, -0.2) is 31.2 Å². The summed E-state index contributed by atoms with van der Waals surface area (Å²) in [5.41, 5.74) is 0.100. The van der Waals surface area contributed by atoms with Gasteiger partial charge in [0.2, 0.25) is 0 Å². The first-order chi connectivity index (χ1) is 12.0. The van der Waals surface area contributed by atoms with Gasteiger partial charge in [-0.15, -0.1) is 0 Å². The molecule has 0 aromatic heterocycles. The Kier molecular flexibility index (Phi) is 5.44. The van der Waals surface area contributed by atoms with E-state index in [9.17, 15) is 22.9 Å². The predicted octanol–water partition coefficient (Wildman–Crippen LogP) is 3.45. The summed E-state index contributed by atoms with van der Waals surface area (Å²) in [6, 6.07) is 10.6. The van der Waals surface area contributed by atoms with Gasteiger partial charge in [0.05, 0.1) is 12.7 Å². The van der Waals surface area contributed by atoms with Gasteiger partial charge in [0.15, 0.2) is 0 Å². The maximum atomic E-state index is 12.2. The van der Waals surface area contributed by atoms with Crippen molar-refractivity contribution in [2.75, 3.05) is 7.11 Å². The second-order valence-corrected chi connectivity index (χ2v) is 8.47. The van der Waals surface area contributed by atoms with Gasteiger partial charge >= 0.3 is 5.97 Å². The number of methoxy groups -OCH3 is 1. The molecule has 1 unspecified atom stereocenters. The topological polar surface area (TPSA) is 101 Å². The predicted molar refractivity (Wildman–Crippen MR) is 98.0 cm³/mol. The highest BCUT2D eigenvalue weighted by Crippen LogP contribution is 2.41. The number of para-hydroxylation sites is 1. The highest BCUT2D eigenvalue weighted by atomic mass is 32.2. The van der Waals surface area contributed by atoms with E-state index in [1.807, 2.05) is 20.8 Å². The minimum atomic E-state index is -4.69. The molecule has 0 aliphatic heterocycles. The number of carbonyl (C=O) groups is 1. The molecule has 2 rings (SSSR count). The Hall–Kier alpha value is -2.38. The third kappa shape index (κ3) is 3.89. The smallest absolute Gasteiger partial charge is 0.338 e. The number of hydrogen-bond acceptors (Lipinski definition) is 5. The SMILES string of the molecule is COC(=O)c1ccccc1C(c1cccc(C(C)(C)C)c1O)S(=O)(=O)O. The number of carbonyl (C=O) groups excluding carboxylic acids is 1. The maximum absolute atomic E-state index is 12.2. The molecule has 1 atom stereocenters. The lowest BCUT2D eigenvalue weighted by atomic mass is 9.84. The lowest BCUT2D eigenvalue weighted by Gasteiger charge is -2.25. The summed E-state index contributed by atoms with van der Waals surface area (Å²) in [4.78, 5) is 12.0. The fourth-order valence-electron chi connectivity index (χ4n) is 2.89. The van der Waals surface area contributed by atoms with Crippen molar-refractivity contribution in [3.8, 4) is 5.75 Å². The lowest BCUT2D eigenvalue weighted by Crippen LogP contribution is -2.19. The van der Waals surface area contributed by atoms with Crippen LogP contribution in [0.5, 0.6) is 5.75 Å². The summed E-state index contributed by atoms with van der Waals surface area (Å²) in [7, 11) is -3.51. The van der Waals surface area contributed by atoms with Crippen molar-refractivity contribution >= 4 is 16.1 Å². The van der Waals surface area contributed by atoms with Crippen molar-refractivity contribution in [1.29, 1.82) is 0 Å². The molecule has 0 radical (unpaired) electrons. The van der Waals surface area contributed by atoms with Crippen LogP contribution in [0.15, 0.2) is 42.5 Å². The standard InChI is InChI=1S/C19H22O6S/c1-19(2,3)15-11-7-10-14(16(15)20)17(26(22,23)24)12-8-5-6-9-13(12)18(21)25-4/h5-11,17,20H,1-4H3,(H,22,23,24). The van der Waals surface area contributed by atoms with E-state index in [-0.39, 0.29) is 22.4 Å². The molecule has 140 valence electrons. The Balaban J connectivity index is 2.81. The average Bonchev–Trinajstić information content (AvgIpc) is 2.54. The zero-order chi connectivity index (χ0) is 19.7. The monoisotopic (exact) mass is 378 g/mol. The normalized spacial score (nSPS) is 13.3. The average molecular weight is 378 g/mol. The quantitative estimate of drug-likeness (QED) is 0.624. The van der Waals surface area contributed by atoms with Crippen LogP contribution in [0.2, 0.25) is 0 Å². The minimum absolute atomic E-state index is 0.00168. The lowest BCUT2D eigenvalue weighted by molar-refractivity contribution is 0.0599. The Morgan fingerprint density at radius 3 is 2.15 bits per heavy atom. The number of hydrogen-bond donors (Lipinski definition) is 2. The largest absolute Gasteiger partial charge is 0.507 e. The number of aromatic hydroxyl groups is 1. The molecule has 6 nitrogen and oxygen atoms in total. The molecule has 2 aromatic rings. The van der Waals surface area contributed by atoms with E-state index in [0.29, 0.717) is 5.56 Å². The van der Waals surface area contributed by atoms with Gasteiger partial charge in [-0.2, -0.15) is 8.42 Å². The Bertz CT molecular complexity index is 925. The van der Waals surface area contributed by atoms with E-state index in [1.54, 1.807) is 24.3 Å². The molecule has 2 N–H and O–H groups in total. The third-order valence-electron chi connectivity index (χ3n) is 4.10. The van der Waals surface area contributed by atoms with Gasteiger partial charge in [-0.1, -0.05) is 57.2 Å². The number of ether oxygens (including phenoxy) is 1. The van der Waals surface area contributed by atoms with Crippen molar-refractivity contribution in [2.24, 2.45) is 0 Å². The van der Waals surface area contributed by atoms with Crippen LogP contribution >= 0.6 is 0 Å². The molecule has 0 bridgehead atoms. The van der Waals surface area contributed by atoms with Gasteiger partial charge in [-0.05, 0) is 22.6 Å². The molecule has 26 heavy (non-hydrogen) atoms. The fourth-order valence-corrected chi connectivity index (χ4v) is 3.93. The number of esters is 1. The molecule has 0 saturated carbocycles. The van der Waals surface area contributed by atoms with Crippen LogP contribution in [0, 0.1) is 0 Å². The van der Waals surface area contributed by atoms with Crippen molar-refractivity contribution in [2.45, 2.75) is 31.4 Å². The third-order valence-corrected chi connectivity index (χ3v) is 5.21. The molecule has 0 aliphatic rings. The molecule has 0 heterocycles. The van der Waals surface area contributed by atoms with Gasteiger partial charge < -0.3 is 9.84 Å². The van der Waals surface area contributed by atoms with Crippen LogP contribution in [-0.2, 0) is 20.3 Å². The van der Waals surface area contributed by atoms with Crippen LogP contribution < -0.4 is 0 Å². The highest BCUT2D eigenvalue weighted by Gasteiger charge is 2.34. The van der Waals surface area contributed by atoms with Crippen molar-refractivity contribution in [3.63, 3.8) is 0 Å². The van der Waals surface area contributed by atoms with E-state index in [4.69, 9.17) is 4.74 Å². The highest BCUT2D eigenvalue weighted by molar-refractivity contribution is 7.86. The Morgan fingerprint density at radius 1 is 1.04 bits per heavy atom. The first kappa shape index (κ1) is 19.9. The van der Waals surface area contributed by atoms with Crippen LogP contribution in [0.4, 0.5) is 0 Å². The summed E-state index contributed by atoms with van der Waals surface area (Å²) in [5, 5.41) is 9.09. The van der Waals surface area contributed by atoms with Gasteiger partial charge in [-0.25, -0.2) is 4.79 Å². The summed E-state index contributed by atoms with van der Waals surface area (Å²) in [6.45, 7) is 5.62. The van der Waals surface area contributed by atoms with Crippen LogP contribution in [0.1, 0.15) is 53.1 Å². The first-order valence-electron chi connectivity index (χ1n) is 7.94. The first-order valence-corrected chi connectivity index (χ1v) is 9.44. The minimum Gasteiger partial charge on any atom is -0.507 e. The molecule has 7 heteroatoms. The zero-order valence-electron chi connectivity index (χ0n) is 15.1. The van der Waals surface area contributed by atoms with Gasteiger partial charge in [0, 0.05) is 5.56 Å². The number of benzene rings is 2. The summed E-state index contributed by atoms with van der Waals surface area (Å²) >= 11 is 0. The van der Waals surface area contributed by atoms with E-state index in [2.05, 4.69) is 0 Å². The molecule has 0 aliphatic carbocycles. The summed E-state index contributed by atoms with van der Waals surface area (Å²) in [6.07, 6.45) is 0. The van der Waals surface area contributed by atoms with Crippen molar-refractivity contribution in [3.05, 3.63) is 64.7 Å². The Morgan fingerprint density at radius 2 is 1.62 bits per heavy atom. The van der Waals surface area contributed by atoms with Crippen LogP contribution in [0.25, 0.3) is 0 Å². The second kappa shape index (κ2) is 7.09. The van der Waals surface area contributed by atoms with E-state index >= 15 is 0 Å². The van der Waals surface area contributed by atoms with Gasteiger partial charge in [0.1, 0.15) is 11.0 Å².